The van der Waals surface area contributed by atoms with Crippen LogP contribution in [0.5, 0.6) is 5.75 Å². The van der Waals surface area contributed by atoms with Crippen molar-refractivity contribution in [1.82, 2.24) is 14.9 Å². The van der Waals surface area contributed by atoms with Crippen LogP contribution in [0, 0.1) is 18.6 Å². The summed E-state index contributed by atoms with van der Waals surface area (Å²) in [6.07, 6.45) is 0. The maximum Gasteiger partial charge on any atom is 0.434 e. The molecule has 0 bridgehead atoms. The van der Waals surface area contributed by atoms with Gasteiger partial charge in [0.2, 0.25) is 15.9 Å². The predicted octanol–water partition coefficient (Wildman–Crippen LogP) is 3.43. The van der Waals surface area contributed by atoms with Gasteiger partial charge in [0.25, 0.3) is 0 Å². The fourth-order valence-electron chi connectivity index (χ4n) is 3.10. The minimum atomic E-state index is -4.34. The van der Waals surface area contributed by atoms with Crippen LogP contribution in [0.4, 0.5) is 8.78 Å². The number of hydrogen-bond acceptors (Lipinski definition) is 6. The third kappa shape index (κ3) is 4.63. The van der Waals surface area contributed by atoms with Crippen LogP contribution in [-0.2, 0) is 10.0 Å². The van der Waals surface area contributed by atoms with E-state index in [2.05, 4.69) is 9.82 Å². The van der Waals surface area contributed by atoms with Crippen molar-refractivity contribution >= 4 is 21.6 Å². The van der Waals surface area contributed by atoms with Crippen LogP contribution in [-0.4, -0.2) is 25.7 Å². The third-order valence-electron chi connectivity index (χ3n) is 4.69. The smallest absolute Gasteiger partial charge is 0.434 e. The van der Waals surface area contributed by atoms with Crippen molar-refractivity contribution < 1.29 is 26.4 Å². The van der Waals surface area contributed by atoms with E-state index >= 15 is 0 Å². The van der Waals surface area contributed by atoms with Crippen LogP contribution in [0.2, 0.25) is 5.02 Å². The molecule has 31 heavy (non-hydrogen) atoms. The second kappa shape index (κ2) is 8.77. The second-order valence-electron chi connectivity index (χ2n) is 6.73. The van der Waals surface area contributed by atoms with Gasteiger partial charge < -0.3 is 9.15 Å². The zero-order valence-corrected chi connectivity index (χ0v) is 18.1. The number of benzene rings is 2. The fourth-order valence-corrected chi connectivity index (χ4v) is 4.68. The largest absolute Gasteiger partial charge is 0.495 e. The van der Waals surface area contributed by atoms with E-state index < -0.39 is 45.3 Å². The highest BCUT2D eigenvalue weighted by molar-refractivity contribution is 7.89. The Morgan fingerprint density at radius 1 is 1.26 bits per heavy atom. The molecule has 8 nitrogen and oxygen atoms in total. The first-order valence-corrected chi connectivity index (χ1v) is 10.8. The Kier molecular flexibility index (Phi) is 6.48. The molecular weight excluding hydrogens is 456 g/mol. The van der Waals surface area contributed by atoms with E-state index in [0.717, 1.165) is 6.07 Å². The average molecular weight is 474 g/mol. The van der Waals surface area contributed by atoms with Gasteiger partial charge in [-0.2, -0.15) is 4.72 Å². The van der Waals surface area contributed by atoms with Crippen molar-refractivity contribution in [2.75, 3.05) is 7.11 Å². The van der Waals surface area contributed by atoms with Gasteiger partial charge in [-0.15, -0.1) is 5.10 Å². The Bertz CT molecular complexity index is 1280. The second-order valence-corrected chi connectivity index (χ2v) is 8.84. The Balaban J connectivity index is 2.12. The average Bonchev–Trinajstić information content (AvgIpc) is 3.14. The molecule has 2 atom stereocenters. The molecule has 1 aromatic heterocycles. The highest BCUT2D eigenvalue weighted by Crippen LogP contribution is 2.36. The number of halogens is 3. The molecule has 1 heterocycles. The number of rotatable bonds is 7. The van der Waals surface area contributed by atoms with E-state index in [1.165, 1.54) is 45.2 Å². The van der Waals surface area contributed by atoms with E-state index in [4.69, 9.17) is 20.8 Å². The highest BCUT2D eigenvalue weighted by atomic mass is 35.5. The van der Waals surface area contributed by atoms with Crippen molar-refractivity contribution in [3.05, 3.63) is 74.6 Å². The van der Waals surface area contributed by atoms with Crippen LogP contribution in [0.3, 0.4) is 0 Å². The predicted molar refractivity (Wildman–Crippen MR) is 108 cm³/mol. The topological polar surface area (TPSA) is 114 Å². The summed E-state index contributed by atoms with van der Waals surface area (Å²) in [5.74, 6) is -4.29. The summed E-state index contributed by atoms with van der Waals surface area (Å²) in [6, 6.07) is 4.73. The first-order chi connectivity index (χ1) is 14.5. The number of H-pyrrole nitrogens is 1. The molecule has 12 heteroatoms. The zero-order chi connectivity index (χ0) is 22.9. The van der Waals surface area contributed by atoms with Gasteiger partial charge in [0.15, 0.2) is 0 Å². The van der Waals surface area contributed by atoms with E-state index in [0.29, 0.717) is 0 Å². The lowest BCUT2D eigenvalue weighted by molar-refractivity contribution is 0.369. The lowest BCUT2D eigenvalue weighted by Gasteiger charge is -2.24. The molecular formula is C19H18ClF2N3O5S. The first-order valence-electron chi connectivity index (χ1n) is 8.91. The van der Waals surface area contributed by atoms with Gasteiger partial charge in [-0.3, -0.25) is 0 Å². The Morgan fingerprint density at radius 3 is 2.58 bits per heavy atom. The molecule has 0 amide bonds. The highest BCUT2D eigenvalue weighted by Gasteiger charge is 2.35. The van der Waals surface area contributed by atoms with Crippen molar-refractivity contribution in [3.63, 3.8) is 0 Å². The SMILES string of the molecule is COc1cc(Cl)ccc1S(=O)(=O)N[C@H](c1n[nH]c(=O)o1)[C@H](C)c1c(F)ccc(C)c1F. The van der Waals surface area contributed by atoms with Crippen LogP contribution in [0.15, 0.2) is 44.4 Å². The molecule has 0 radical (unpaired) electrons. The zero-order valence-electron chi connectivity index (χ0n) is 16.6. The number of methoxy groups -OCH3 is 1. The maximum atomic E-state index is 14.7. The van der Waals surface area contributed by atoms with Crippen LogP contribution >= 0.6 is 11.6 Å². The standard InChI is InChI=1S/C19H18ClF2N3O5S/c1-9-4-6-12(21)15(16(9)22)10(2)17(18-23-24-19(26)30-18)25-31(27,28)14-7-5-11(20)8-13(14)29-3/h4-8,10,17,25H,1-3H3,(H,24,26)/t10-,17+/m1/s1. The number of nitrogens with zero attached hydrogens (tertiary/aromatic N) is 1. The number of aryl methyl sites for hydroxylation is 1. The van der Waals surface area contributed by atoms with E-state index in [9.17, 15) is 22.0 Å². The van der Waals surface area contributed by atoms with Crippen LogP contribution < -0.4 is 15.2 Å². The van der Waals surface area contributed by atoms with E-state index in [-0.39, 0.29) is 26.8 Å². The molecule has 0 unspecified atom stereocenters. The molecule has 2 aromatic carbocycles. The summed E-state index contributed by atoms with van der Waals surface area (Å²) in [5.41, 5.74) is -0.228. The fraction of sp³-hybridized carbons (Fsp3) is 0.263. The minimum absolute atomic E-state index is 0.0530. The van der Waals surface area contributed by atoms with Crippen molar-refractivity contribution in [2.45, 2.75) is 30.7 Å². The van der Waals surface area contributed by atoms with Crippen LogP contribution in [0.25, 0.3) is 0 Å². The minimum Gasteiger partial charge on any atom is -0.495 e. The quantitative estimate of drug-likeness (QED) is 0.543. The third-order valence-corrected chi connectivity index (χ3v) is 6.41. The summed E-state index contributed by atoms with van der Waals surface area (Å²) < 4.78 is 67.8. The number of sulfonamides is 1. The maximum absolute atomic E-state index is 14.7. The summed E-state index contributed by atoms with van der Waals surface area (Å²) >= 11 is 5.89. The van der Waals surface area contributed by atoms with E-state index in [1.807, 2.05) is 5.10 Å². The van der Waals surface area contributed by atoms with Gasteiger partial charge in [0.1, 0.15) is 28.3 Å². The number of ether oxygens (including phenoxy) is 1. The normalized spacial score (nSPS) is 13.7. The number of nitrogens with one attached hydrogen (secondary N) is 2. The summed E-state index contributed by atoms with van der Waals surface area (Å²) in [7, 11) is -3.08. The summed E-state index contributed by atoms with van der Waals surface area (Å²) in [4.78, 5) is 11.2. The molecule has 0 saturated heterocycles. The van der Waals surface area contributed by atoms with Gasteiger partial charge >= 0.3 is 5.76 Å². The van der Waals surface area contributed by atoms with Gasteiger partial charge in [-0.05, 0) is 30.7 Å². The van der Waals surface area contributed by atoms with Crippen molar-refractivity contribution in [3.8, 4) is 5.75 Å². The molecule has 166 valence electrons. The van der Waals surface area contributed by atoms with Gasteiger partial charge in [0.05, 0.1) is 7.11 Å². The molecule has 3 aromatic rings. The summed E-state index contributed by atoms with van der Waals surface area (Å²) in [6.45, 7) is 2.82. The molecule has 2 N–H and O–H groups in total. The Labute approximate surface area is 181 Å². The molecule has 3 rings (SSSR count). The Morgan fingerprint density at radius 2 is 1.97 bits per heavy atom. The molecule has 0 saturated carbocycles. The molecule has 0 aliphatic rings. The van der Waals surface area contributed by atoms with Gasteiger partial charge in [0, 0.05) is 22.6 Å². The lowest BCUT2D eigenvalue weighted by atomic mass is 9.91. The summed E-state index contributed by atoms with van der Waals surface area (Å²) in [5, 5.41) is 5.90. The molecule has 0 aliphatic heterocycles. The Hall–Kier alpha value is -2.76. The van der Waals surface area contributed by atoms with E-state index in [1.54, 1.807) is 0 Å². The van der Waals surface area contributed by atoms with Crippen molar-refractivity contribution in [2.24, 2.45) is 0 Å². The van der Waals surface area contributed by atoms with Crippen molar-refractivity contribution in [1.29, 1.82) is 0 Å². The van der Waals surface area contributed by atoms with Gasteiger partial charge in [-0.1, -0.05) is 24.6 Å². The molecule has 0 aliphatic carbocycles. The first kappa shape index (κ1) is 22.9. The molecule has 0 fully saturated rings. The number of aromatic nitrogens is 2. The number of aromatic amines is 1. The van der Waals surface area contributed by atoms with Crippen LogP contribution in [0.1, 0.15) is 35.9 Å². The number of hydrogen-bond donors (Lipinski definition) is 2. The molecule has 0 spiro atoms. The monoisotopic (exact) mass is 473 g/mol. The lowest BCUT2D eigenvalue weighted by Crippen LogP contribution is -2.33. The van der Waals surface area contributed by atoms with Gasteiger partial charge in [-0.25, -0.2) is 27.1 Å².